The number of hydrogen-bond acceptors (Lipinski definition) is 4. The van der Waals surface area contributed by atoms with Gasteiger partial charge in [0.05, 0.1) is 29.7 Å². The molecule has 18 heavy (non-hydrogen) atoms. The number of aryl methyl sites for hydroxylation is 1. The Morgan fingerprint density at radius 1 is 1.33 bits per heavy atom. The fraction of sp³-hybridized carbons (Fsp3) is 0.357. The van der Waals surface area contributed by atoms with E-state index in [4.69, 9.17) is 10.8 Å². The first kappa shape index (κ1) is 14.3. The molecule has 0 amide bonds. The first-order valence-electron chi connectivity index (χ1n) is 6.22. The van der Waals surface area contributed by atoms with Crippen molar-refractivity contribution < 1.29 is 5.11 Å². The second-order valence-electron chi connectivity index (χ2n) is 3.76. The maximum atomic E-state index is 8.83. The molecule has 0 aliphatic heterocycles. The topological polar surface area (TPSA) is 71.2 Å². The van der Waals surface area contributed by atoms with Crippen LogP contribution in [0, 0.1) is 6.92 Å². The summed E-state index contributed by atoms with van der Waals surface area (Å²) < 4.78 is 0. The van der Waals surface area contributed by atoms with E-state index in [0.29, 0.717) is 12.2 Å². The van der Waals surface area contributed by atoms with Gasteiger partial charge in [-0.1, -0.05) is 25.5 Å². The molecule has 4 nitrogen and oxygen atoms in total. The lowest BCUT2D eigenvalue weighted by Crippen LogP contribution is -2.08. The number of fused-ring (bicyclic) bond motifs is 1. The molecule has 98 valence electrons. The second kappa shape index (κ2) is 6.81. The van der Waals surface area contributed by atoms with E-state index >= 15 is 0 Å². The van der Waals surface area contributed by atoms with E-state index in [1.165, 1.54) is 0 Å². The lowest BCUT2D eigenvalue weighted by Gasteiger charge is -2.11. The lowest BCUT2D eigenvalue weighted by molar-refractivity contribution is 0.311. The van der Waals surface area contributed by atoms with Crippen LogP contribution in [-0.2, 0) is 0 Å². The number of anilines is 2. The van der Waals surface area contributed by atoms with Crippen molar-refractivity contribution in [2.75, 3.05) is 24.2 Å². The predicted octanol–water partition coefficient (Wildman–Crippen LogP) is 2.56. The van der Waals surface area contributed by atoms with Gasteiger partial charge in [0.2, 0.25) is 0 Å². The van der Waals surface area contributed by atoms with E-state index in [1.807, 2.05) is 39.0 Å². The number of nitrogens with zero attached hydrogens (tertiary/aromatic N) is 1. The highest BCUT2D eigenvalue weighted by Crippen LogP contribution is 2.28. The summed E-state index contributed by atoms with van der Waals surface area (Å²) in [7, 11) is 0. The van der Waals surface area contributed by atoms with Gasteiger partial charge in [0.15, 0.2) is 0 Å². The van der Waals surface area contributed by atoms with E-state index in [9.17, 15) is 0 Å². The van der Waals surface area contributed by atoms with Crippen LogP contribution in [0.3, 0.4) is 0 Å². The number of hydrogen-bond donors (Lipinski definition) is 3. The highest BCUT2D eigenvalue weighted by atomic mass is 16.3. The molecule has 0 fully saturated rings. The van der Waals surface area contributed by atoms with Crippen molar-refractivity contribution in [3.05, 3.63) is 30.0 Å². The maximum absolute atomic E-state index is 8.83. The molecule has 1 aromatic carbocycles. The Bertz CT molecular complexity index is 506. The van der Waals surface area contributed by atoms with Crippen molar-refractivity contribution in [3.8, 4) is 0 Å². The van der Waals surface area contributed by atoms with E-state index < -0.39 is 0 Å². The Hall–Kier alpha value is -1.81. The van der Waals surface area contributed by atoms with Gasteiger partial charge in [0.25, 0.3) is 0 Å². The minimum atomic E-state index is 0.0784. The van der Waals surface area contributed by atoms with Gasteiger partial charge in [-0.3, -0.25) is 4.98 Å². The molecule has 0 aliphatic rings. The zero-order chi connectivity index (χ0) is 13.5. The molecule has 0 aliphatic carbocycles. The Kier molecular flexibility index (Phi) is 5.39. The van der Waals surface area contributed by atoms with Gasteiger partial charge in [0.1, 0.15) is 0 Å². The fourth-order valence-electron chi connectivity index (χ4n) is 1.70. The van der Waals surface area contributed by atoms with E-state index in [-0.39, 0.29) is 6.61 Å². The number of aliphatic hydroxyl groups excluding tert-OH is 1. The molecule has 2 aromatic rings. The van der Waals surface area contributed by atoms with Gasteiger partial charge < -0.3 is 16.2 Å². The molecule has 0 spiro atoms. The van der Waals surface area contributed by atoms with Gasteiger partial charge in [0, 0.05) is 11.9 Å². The van der Waals surface area contributed by atoms with Crippen molar-refractivity contribution in [3.63, 3.8) is 0 Å². The molecule has 0 saturated heterocycles. The van der Waals surface area contributed by atoms with Crippen LogP contribution in [0.25, 0.3) is 10.9 Å². The third kappa shape index (κ3) is 3.11. The average Bonchev–Trinajstić information content (AvgIpc) is 2.40. The van der Waals surface area contributed by atoms with Crippen molar-refractivity contribution >= 4 is 22.3 Å². The Morgan fingerprint density at radius 3 is 2.72 bits per heavy atom. The van der Waals surface area contributed by atoms with Gasteiger partial charge >= 0.3 is 0 Å². The highest BCUT2D eigenvalue weighted by molar-refractivity contribution is 5.97. The lowest BCUT2D eigenvalue weighted by atomic mass is 10.1. The first-order chi connectivity index (χ1) is 8.72. The van der Waals surface area contributed by atoms with E-state index in [2.05, 4.69) is 10.3 Å². The van der Waals surface area contributed by atoms with Gasteiger partial charge in [-0.2, -0.15) is 0 Å². The van der Waals surface area contributed by atoms with Crippen LogP contribution in [0.1, 0.15) is 19.4 Å². The summed E-state index contributed by atoms with van der Waals surface area (Å²) in [5, 5.41) is 12.9. The fourth-order valence-corrected chi connectivity index (χ4v) is 1.70. The molecular formula is C14H21N3O. The van der Waals surface area contributed by atoms with Crippen LogP contribution >= 0.6 is 0 Å². The minimum absolute atomic E-state index is 0.0784. The van der Waals surface area contributed by atoms with Crippen LogP contribution in [0.4, 0.5) is 11.4 Å². The summed E-state index contributed by atoms with van der Waals surface area (Å²) in [5.74, 6) is 0. The third-order valence-electron chi connectivity index (χ3n) is 2.47. The minimum Gasteiger partial charge on any atom is -0.396 e. The first-order valence-corrected chi connectivity index (χ1v) is 6.22. The number of nitrogens with two attached hydrogens (primary N) is 1. The predicted molar refractivity (Wildman–Crippen MR) is 77.8 cm³/mol. The monoisotopic (exact) mass is 247 g/mol. The van der Waals surface area contributed by atoms with Crippen LogP contribution in [0.2, 0.25) is 0 Å². The highest BCUT2D eigenvalue weighted by Gasteiger charge is 2.05. The zero-order valence-electron chi connectivity index (χ0n) is 11.2. The summed E-state index contributed by atoms with van der Waals surface area (Å²) >= 11 is 0. The molecule has 1 aromatic heterocycles. The number of aromatic nitrogens is 1. The van der Waals surface area contributed by atoms with Gasteiger partial charge in [-0.15, -0.1) is 0 Å². The molecule has 0 atom stereocenters. The normalized spacial score (nSPS) is 9.78. The average molecular weight is 247 g/mol. The summed E-state index contributed by atoms with van der Waals surface area (Å²) in [6.45, 7) is 6.59. The molecule has 0 bridgehead atoms. The van der Waals surface area contributed by atoms with Crippen molar-refractivity contribution in [2.24, 2.45) is 0 Å². The summed E-state index contributed by atoms with van der Waals surface area (Å²) in [6.07, 6.45) is 1.64. The van der Waals surface area contributed by atoms with Crippen LogP contribution in [-0.4, -0.2) is 23.2 Å². The largest absolute Gasteiger partial charge is 0.396 e. The van der Waals surface area contributed by atoms with Crippen LogP contribution in [0.5, 0.6) is 0 Å². The number of benzene rings is 1. The molecule has 0 unspecified atom stereocenters. The number of aliphatic hydroxyl groups is 1. The smallest absolute Gasteiger partial charge is 0.0743 e. The molecule has 4 N–H and O–H groups in total. The number of rotatable bonds is 3. The summed E-state index contributed by atoms with van der Waals surface area (Å²) in [4.78, 5) is 4.26. The maximum Gasteiger partial charge on any atom is 0.0743 e. The summed E-state index contributed by atoms with van der Waals surface area (Å²) in [6, 6.07) is 6.02. The van der Waals surface area contributed by atoms with Crippen molar-refractivity contribution in [1.82, 2.24) is 4.98 Å². The second-order valence-corrected chi connectivity index (χ2v) is 3.76. The molecule has 1 heterocycles. The van der Waals surface area contributed by atoms with Crippen LogP contribution < -0.4 is 11.1 Å². The van der Waals surface area contributed by atoms with Crippen molar-refractivity contribution in [1.29, 1.82) is 0 Å². The third-order valence-corrected chi connectivity index (χ3v) is 2.47. The molecule has 0 radical (unpaired) electrons. The Labute approximate surface area is 108 Å². The number of nitrogen functional groups attached to an aromatic ring is 1. The Balaban J connectivity index is 0.000000771. The van der Waals surface area contributed by atoms with E-state index in [0.717, 1.165) is 22.2 Å². The summed E-state index contributed by atoms with van der Waals surface area (Å²) in [5.41, 5.74) is 9.39. The quantitative estimate of drug-likeness (QED) is 0.779. The van der Waals surface area contributed by atoms with Crippen LogP contribution in [0.15, 0.2) is 24.4 Å². The molecule has 0 saturated carbocycles. The molecular weight excluding hydrogens is 226 g/mol. The van der Waals surface area contributed by atoms with Gasteiger partial charge in [-0.05, 0) is 19.1 Å². The van der Waals surface area contributed by atoms with E-state index in [1.54, 1.807) is 6.20 Å². The van der Waals surface area contributed by atoms with Gasteiger partial charge in [-0.25, -0.2) is 0 Å². The molecule has 4 heteroatoms. The number of nitrogens with one attached hydrogen (secondary N) is 1. The molecule has 2 rings (SSSR count). The van der Waals surface area contributed by atoms with Crippen molar-refractivity contribution in [2.45, 2.75) is 20.8 Å². The standard InChI is InChI=1S/C12H15N3O.C2H6/c1-8-2-3-11-9(6-8)12(14-4-5-16)10(13)7-15-11;1-2/h2-3,6-7,16H,4-5,13H2,1H3,(H,14,15);1-2H3. The Morgan fingerprint density at radius 2 is 2.06 bits per heavy atom. The zero-order valence-corrected chi connectivity index (χ0v) is 11.2. The number of pyridine rings is 1. The SMILES string of the molecule is CC.Cc1ccc2ncc(N)c(NCCO)c2c1.